The number of nitrogens with zero attached hydrogens (tertiary/aromatic N) is 11. The number of piperazine rings is 1. The molecule has 106 heavy (non-hydrogen) atoms. The van der Waals surface area contributed by atoms with Gasteiger partial charge >= 0.3 is 0 Å². The number of pyridine rings is 5. The normalized spacial score (nSPS) is 15.1. The summed E-state index contributed by atoms with van der Waals surface area (Å²) in [5.41, 5.74) is 18.7. The molecule has 0 spiro atoms. The minimum Gasteiger partial charge on any atom is -0.369 e. The van der Waals surface area contributed by atoms with Crippen LogP contribution in [0.3, 0.4) is 0 Å². The Bertz CT molecular complexity index is 5200. The van der Waals surface area contributed by atoms with Crippen LogP contribution in [0.2, 0.25) is 0 Å². The van der Waals surface area contributed by atoms with Crippen molar-refractivity contribution in [3.05, 3.63) is 244 Å². The quantitative estimate of drug-likeness (QED) is 0.0398. The molecule has 0 saturated carbocycles. The van der Waals surface area contributed by atoms with Gasteiger partial charge in [-0.3, -0.25) is 37.2 Å². The number of piperidine rings is 2. The lowest BCUT2D eigenvalue weighted by atomic mass is 9.94. The molecule has 0 bridgehead atoms. The van der Waals surface area contributed by atoms with Crippen LogP contribution in [-0.2, 0) is 6.54 Å². The summed E-state index contributed by atoms with van der Waals surface area (Å²) in [5, 5.41) is 16.2. The molecule has 12 aromatic rings. The summed E-state index contributed by atoms with van der Waals surface area (Å²) in [4.78, 5) is 91.9. The molecule has 3 saturated heterocycles. The molecule has 544 valence electrons. The number of likely N-dealkylation sites (tertiary alicyclic amines) is 2. The number of aromatic amines is 2. The lowest BCUT2D eigenvalue weighted by Crippen LogP contribution is -2.48. The lowest BCUT2D eigenvalue weighted by Gasteiger charge is -2.41. The molecule has 4 aliphatic rings. The first-order chi connectivity index (χ1) is 51.7. The van der Waals surface area contributed by atoms with Crippen LogP contribution in [0.5, 0.6) is 0 Å². The standard InChI is InChI=1S/C33H36N6O2.C25H28N6O2.C25H28N6O/c1-22-10-15-37(16-11-22)27-12-17-38(18-13-27)33(41)23-2-5-26(6-3-23)36-29-8-9-30(39-19-14-34-31(29)39)24-4-7-28-25(20-24)21-35-32(28)40;1-3-30(4-2)15-13-28-25(33)18-5-7-20(8-6-18)29-21-9-10-22(31-16-14-27-24(21)31)19-11-12-26-23(32)17-19;1-3-29-12-14-30(15-13-29)22-6-4-20(16-18(22)2)28-21-5-7-23(31-11-10-27-25(21)31)19-8-9-26-24(32)17-19/h2-9,14,19-20,22,27,36H,10-13,15-18,21H2,1H3,(H,35,40);5-12,14,16-17,29H,3-4,13,15H2,1-2H3,(H,26,32)(H,28,33);4-11,16-17,28H,3,12-15H2,1-2H3,(H,26,32). The van der Waals surface area contributed by atoms with Gasteiger partial charge in [0.1, 0.15) is 0 Å². The van der Waals surface area contributed by atoms with Crippen molar-refractivity contribution in [2.45, 2.75) is 72.9 Å². The lowest BCUT2D eigenvalue weighted by molar-refractivity contribution is 0.0560. The van der Waals surface area contributed by atoms with Gasteiger partial charge in [-0.15, -0.1) is 0 Å². The van der Waals surface area contributed by atoms with Crippen LogP contribution in [0.25, 0.3) is 50.7 Å². The second kappa shape index (κ2) is 32.6. The van der Waals surface area contributed by atoms with Gasteiger partial charge in [0.15, 0.2) is 16.9 Å². The number of carbonyl (C=O) groups excluding carboxylic acids is 3. The van der Waals surface area contributed by atoms with E-state index in [1.54, 1.807) is 43.1 Å². The van der Waals surface area contributed by atoms with Gasteiger partial charge in [-0.25, -0.2) is 15.0 Å². The second-order valence-corrected chi connectivity index (χ2v) is 27.7. The molecule has 8 aromatic heterocycles. The number of aromatic nitrogens is 8. The molecule has 0 radical (unpaired) electrons. The Balaban J connectivity index is 0.000000135. The molecule has 23 heteroatoms. The highest BCUT2D eigenvalue weighted by Gasteiger charge is 2.30. The molecule has 0 aliphatic carbocycles. The van der Waals surface area contributed by atoms with E-state index in [2.05, 4.69) is 140 Å². The summed E-state index contributed by atoms with van der Waals surface area (Å²) in [7, 11) is 0. The fourth-order valence-electron chi connectivity index (χ4n) is 14.9. The first-order valence-corrected chi connectivity index (χ1v) is 37.1. The van der Waals surface area contributed by atoms with Crippen molar-refractivity contribution in [3.63, 3.8) is 0 Å². The maximum absolute atomic E-state index is 13.3. The molecule has 16 rings (SSSR count). The number of anilines is 7. The number of H-pyrrole nitrogens is 2. The number of likely N-dealkylation sites (N-methyl/N-ethyl adjacent to an activating group) is 2. The van der Waals surface area contributed by atoms with E-state index in [9.17, 15) is 24.0 Å². The Hall–Kier alpha value is -11.7. The zero-order chi connectivity index (χ0) is 73.2. The van der Waals surface area contributed by atoms with Crippen molar-refractivity contribution < 1.29 is 14.4 Å². The molecule has 12 heterocycles. The number of nitrogens with one attached hydrogen (secondary N) is 7. The van der Waals surface area contributed by atoms with E-state index in [0.29, 0.717) is 24.7 Å². The summed E-state index contributed by atoms with van der Waals surface area (Å²) >= 11 is 0. The molecule has 0 atom stereocenters. The summed E-state index contributed by atoms with van der Waals surface area (Å²) in [5.74, 6) is 0.871. The molecule has 4 aliphatic heterocycles. The van der Waals surface area contributed by atoms with Crippen molar-refractivity contribution in [1.29, 1.82) is 0 Å². The third-order valence-electron chi connectivity index (χ3n) is 21.0. The SMILES string of the molecule is CC1CCN(C2CCN(C(=O)c3ccc(Nc4ccc(-c5ccc6c(c5)CNC6=O)n5ccnc45)cc3)CC2)CC1.CCN(CC)CCNC(=O)c1ccc(Nc2ccc(-c3cc[nH]c(=O)c3)n3ccnc23)cc1.CCN1CCN(c2ccc(Nc3ccc(-c4cc[nH]c(=O)c4)n4ccnc34)cc2C)CC1. The molecule has 3 amide bonds. The fourth-order valence-corrected chi connectivity index (χ4v) is 14.9. The molecule has 7 N–H and O–H groups in total. The number of hydrogen-bond acceptors (Lipinski definition) is 15. The second-order valence-electron chi connectivity index (χ2n) is 27.7. The van der Waals surface area contributed by atoms with Gasteiger partial charge in [-0.1, -0.05) is 33.8 Å². The van der Waals surface area contributed by atoms with E-state index in [4.69, 9.17) is 0 Å². The topological polar surface area (TPSA) is 245 Å². The number of aryl methyl sites for hydroxylation is 1. The van der Waals surface area contributed by atoms with E-state index in [-0.39, 0.29) is 28.8 Å². The summed E-state index contributed by atoms with van der Waals surface area (Å²) in [6, 6.07) is 47.2. The van der Waals surface area contributed by atoms with Gasteiger partial charge in [0.25, 0.3) is 17.7 Å². The van der Waals surface area contributed by atoms with Gasteiger partial charge in [0, 0.05) is 177 Å². The minimum absolute atomic E-state index is 0.0151. The van der Waals surface area contributed by atoms with Gasteiger partial charge in [-0.2, -0.15) is 0 Å². The Kier molecular flexibility index (Phi) is 21.9. The predicted octanol–water partition coefficient (Wildman–Crippen LogP) is 12.7. The van der Waals surface area contributed by atoms with Crippen molar-refractivity contribution in [2.24, 2.45) is 5.92 Å². The highest BCUT2D eigenvalue weighted by atomic mass is 16.2. The van der Waals surface area contributed by atoms with Crippen LogP contribution in [0.15, 0.2) is 205 Å². The first-order valence-electron chi connectivity index (χ1n) is 37.1. The third-order valence-corrected chi connectivity index (χ3v) is 21.0. The molecule has 4 aromatic carbocycles. The Morgan fingerprint density at radius 2 is 1.05 bits per heavy atom. The van der Waals surface area contributed by atoms with Crippen LogP contribution >= 0.6 is 0 Å². The Labute approximate surface area is 616 Å². The number of rotatable bonds is 19. The molecule has 0 unspecified atom stereocenters. The smallest absolute Gasteiger partial charge is 0.253 e. The number of carbonyl (C=O) groups is 3. The van der Waals surface area contributed by atoms with Crippen molar-refractivity contribution in [1.82, 2.24) is 68.4 Å². The van der Waals surface area contributed by atoms with Gasteiger partial charge < -0.3 is 61.1 Å². The number of benzene rings is 4. The van der Waals surface area contributed by atoms with E-state index in [1.165, 1.54) is 37.2 Å². The Morgan fingerprint density at radius 3 is 1.56 bits per heavy atom. The van der Waals surface area contributed by atoms with Crippen molar-refractivity contribution >= 4 is 74.5 Å². The largest absolute Gasteiger partial charge is 0.369 e. The first kappa shape index (κ1) is 71.3. The molecular formula is C83H92N18O5. The maximum Gasteiger partial charge on any atom is 0.253 e. The fraction of sp³-hybridized carbons (Fsp3) is 0.301. The van der Waals surface area contributed by atoms with Crippen molar-refractivity contribution in [3.8, 4) is 33.8 Å². The average Bonchev–Trinajstić information content (AvgIpc) is 1.58. The molecule has 23 nitrogen and oxygen atoms in total. The van der Waals surface area contributed by atoms with E-state index in [1.807, 2.05) is 135 Å². The minimum atomic E-state index is -0.153. The summed E-state index contributed by atoms with van der Waals surface area (Å²) < 4.78 is 6.00. The summed E-state index contributed by atoms with van der Waals surface area (Å²) in [6.07, 6.45) is 19.0. The average molecular weight is 1420 g/mol. The predicted molar refractivity (Wildman–Crippen MR) is 422 cm³/mol. The summed E-state index contributed by atoms with van der Waals surface area (Å²) in [6.45, 7) is 24.5. The zero-order valence-electron chi connectivity index (χ0n) is 60.8. The monoisotopic (exact) mass is 1420 g/mol. The third kappa shape index (κ3) is 16.2. The van der Waals surface area contributed by atoms with E-state index >= 15 is 0 Å². The van der Waals surface area contributed by atoms with Crippen LogP contribution < -0.4 is 42.6 Å². The van der Waals surface area contributed by atoms with Crippen LogP contribution in [0, 0.1) is 12.8 Å². The van der Waals surface area contributed by atoms with Crippen molar-refractivity contribution in [2.75, 3.05) is 106 Å². The van der Waals surface area contributed by atoms with Crippen LogP contribution in [-0.4, -0.2) is 167 Å². The number of amides is 3. The maximum atomic E-state index is 13.3. The molecule has 3 fully saturated rings. The van der Waals surface area contributed by atoms with Gasteiger partial charge in [0.05, 0.1) is 34.1 Å². The van der Waals surface area contributed by atoms with Crippen LogP contribution in [0.4, 0.5) is 39.8 Å². The van der Waals surface area contributed by atoms with Gasteiger partial charge in [-0.05, 0) is 215 Å². The highest BCUT2D eigenvalue weighted by molar-refractivity contribution is 5.99. The zero-order valence-corrected chi connectivity index (χ0v) is 60.8. The number of hydrogen-bond donors (Lipinski definition) is 7. The van der Waals surface area contributed by atoms with Crippen LogP contribution in [0.1, 0.15) is 95.6 Å². The highest BCUT2D eigenvalue weighted by Crippen LogP contribution is 2.34. The number of imidazole rings is 3. The molecular weight excluding hydrogens is 1330 g/mol. The van der Waals surface area contributed by atoms with E-state index in [0.717, 1.165) is 186 Å². The van der Waals surface area contributed by atoms with E-state index < -0.39 is 0 Å². The number of fused-ring (bicyclic) bond motifs is 4. The Morgan fingerprint density at radius 1 is 0.538 bits per heavy atom. The van der Waals surface area contributed by atoms with Gasteiger partial charge in [0.2, 0.25) is 11.1 Å².